The quantitative estimate of drug-likeness (QED) is 0.876. The Balaban J connectivity index is 1.99. The summed E-state index contributed by atoms with van der Waals surface area (Å²) >= 11 is 0. The minimum Gasteiger partial charge on any atom is -0.478 e. The van der Waals surface area contributed by atoms with Crippen molar-refractivity contribution in [1.29, 1.82) is 0 Å². The summed E-state index contributed by atoms with van der Waals surface area (Å²) in [5, 5.41) is 12.3. The fourth-order valence-corrected chi connectivity index (χ4v) is 2.07. The van der Waals surface area contributed by atoms with Crippen LogP contribution >= 0.6 is 0 Å². The van der Waals surface area contributed by atoms with Gasteiger partial charge in [-0.05, 0) is 32.4 Å². The molecule has 0 fully saturated rings. The lowest BCUT2D eigenvalue weighted by atomic mass is 10.1. The number of nitrogens with one attached hydrogen (secondary N) is 1. The molecule has 0 aliphatic rings. The minimum absolute atomic E-state index is 0.175. The lowest BCUT2D eigenvalue weighted by molar-refractivity contribution is 0.0695. The molecule has 0 radical (unpaired) electrons. The molecule has 0 aliphatic carbocycles. The third-order valence-electron chi connectivity index (χ3n) is 3.36. The molecule has 4 heteroatoms. The summed E-state index contributed by atoms with van der Waals surface area (Å²) in [7, 11) is 0. The van der Waals surface area contributed by atoms with Crippen LogP contribution in [0.25, 0.3) is 0 Å². The number of carboxylic acid groups (broad SMARTS) is 1. The largest absolute Gasteiger partial charge is 0.478 e. The Morgan fingerprint density at radius 3 is 2.50 bits per heavy atom. The Hall–Kier alpha value is -2.07. The Morgan fingerprint density at radius 1 is 1.30 bits per heavy atom. The molecule has 0 bridgehead atoms. The van der Waals surface area contributed by atoms with E-state index in [2.05, 4.69) is 43.4 Å². The molecule has 2 aromatic rings. The van der Waals surface area contributed by atoms with Crippen LogP contribution < -0.4 is 5.32 Å². The zero-order chi connectivity index (χ0) is 14.7. The average molecular weight is 273 g/mol. The SMILES string of the molecule is Cc1ccc(C(C)NCc2cc(C(=O)O)c(C)o2)cc1. The molecule has 1 atom stereocenters. The monoisotopic (exact) mass is 273 g/mol. The first-order chi connectivity index (χ1) is 9.47. The molecule has 106 valence electrons. The Morgan fingerprint density at radius 2 is 1.95 bits per heavy atom. The highest BCUT2D eigenvalue weighted by Gasteiger charge is 2.14. The van der Waals surface area contributed by atoms with Gasteiger partial charge in [0.25, 0.3) is 0 Å². The maximum absolute atomic E-state index is 10.9. The first-order valence-corrected chi connectivity index (χ1v) is 6.60. The molecular formula is C16H19NO3. The van der Waals surface area contributed by atoms with Crippen LogP contribution in [0.4, 0.5) is 0 Å². The van der Waals surface area contributed by atoms with Crippen LogP contribution in [0, 0.1) is 13.8 Å². The van der Waals surface area contributed by atoms with Crippen LogP contribution in [0.15, 0.2) is 34.7 Å². The predicted molar refractivity (Wildman–Crippen MR) is 76.8 cm³/mol. The number of aryl methyl sites for hydroxylation is 2. The molecule has 1 aromatic carbocycles. The molecular weight excluding hydrogens is 254 g/mol. The molecule has 1 aromatic heterocycles. The molecule has 0 amide bonds. The molecule has 0 aliphatic heterocycles. The summed E-state index contributed by atoms with van der Waals surface area (Å²) in [5.74, 6) is 0.125. The molecule has 1 heterocycles. The first kappa shape index (κ1) is 14.3. The highest BCUT2D eigenvalue weighted by Crippen LogP contribution is 2.17. The summed E-state index contributed by atoms with van der Waals surface area (Å²) < 4.78 is 5.44. The second-order valence-corrected chi connectivity index (χ2v) is 5.00. The summed E-state index contributed by atoms with van der Waals surface area (Å²) in [6.07, 6.45) is 0. The van der Waals surface area contributed by atoms with Gasteiger partial charge in [-0.25, -0.2) is 4.79 Å². The number of furan rings is 1. The van der Waals surface area contributed by atoms with E-state index in [1.807, 2.05) is 0 Å². The fraction of sp³-hybridized carbons (Fsp3) is 0.312. The first-order valence-electron chi connectivity index (χ1n) is 6.60. The van der Waals surface area contributed by atoms with Gasteiger partial charge in [-0.2, -0.15) is 0 Å². The number of rotatable bonds is 5. The summed E-state index contributed by atoms with van der Waals surface area (Å²) in [6, 6.07) is 10.1. The van der Waals surface area contributed by atoms with Gasteiger partial charge in [-0.3, -0.25) is 0 Å². The Bertz CT molecular complexity index is 599. The smallest absolute Gasteiger partial charge is 0.339 e. The Kier molecular flexibility index (Phi) is 4.25. The number of hydrogen-bond donors (Lipinski definition) is 2. The molecule has 2 rings (SSSR count). The molecule has 2 N–H and O–H groups in total. The van der Waals surface area contributed by atoms with E-state index in [1.165, 1.54) is 11.1 Å². The van der Waals surface area contributed by atoms with Crippen molar-refractivity contribution in [3.63, 3.8) is 0 Å². The van der Waals surface area contributed by atoms with E-state index in [9.17, 15) is 4.79 Å². The maximum atomic E-state index is 10.9. The van der Waals surface area contributed by atoms with E-state index in [0.717, 1.165) is 0 Å². The maximum Gasteiger partial charge on any atom is 0.339 e. The number of aromatic carboxylic acids is 1. The summed E-state index contributed by atoms with van der Waals surface area (Å²) in [6.45, 7) is 6.29. The van der Waals surface area contributed by atoms with Gasteiger partial charge in [0.1, 0.15) is 17.1 Å². The molecule has 4 nitrogen and oxygen atoms in total. The van der Waals surface area contributed by atoms with Crippen molar-refractivity contribution in [3.05, 3.63) is 58.5 Å². The Labute approximate surface area is 118 Å². The van der Waals surface area contributed by atoms with Crippen LogP contribution in [-0.2, 0) is 6.54 Å². The molecule has 20 heavy (non-hydrogen) atoms. The topological polar surface area (TPSA) is 62.5 Å². The number of hydrogen-bond acceptors (Lipinski definition) is 3. The van der Waals surface area contributed by atoms with Gasteiger partial charge in [0.15, 0.2) is 0 Å². The van der Waals surface area contributed by atoms with Crippen LogP contribution in [0.3, 0.4) is 0 Å². The van der Waals surface area contributed by atoms with E-state index in [1.54, 1.807) is 13.0 Å². The molecule has 0 saturated heterocycles. The number of carboxylic acids is 1. The number of carbonyl (C=O) groups is 1. The van der Waals surface area contributed by atoms with E-state index in [-0.39, 0.29) is 11.6 Å². The fourth-order valence-electron chi connectivity index (χ4n) is 2.07. The van der Waals surface area contributed by atoms with Crippen LogP contribution in [-0.4, -0.2) is 11.1 Å². The second kappa shape index (κ2) is 5.92. The summed E-state index contributed by atoms with van der Waals surface area (Å²) in [4.78, 5) is 10.9. The molecule has 1 unspecified atom stereocenters. The van der Waals surface area contributed by atoms with E-state index >= 15 is 0 Å². The second-order valence-electron chi connectivity index (χ2n) is 5.00. The lowest BCUT2D eigenvalue weighted by Crippen LogP contribution is -2.17. The van der Waals surface area contributed by atoms with Gasteiger partial charge < -0.3 is 14.8 Å². The van der Waals surface area contributed by atoms with Crippen molar-refractivity contribution in [1.82, 2.24) is 5.32 Å². The number of benzene rings is 1. The zero-order valence-electron chi connectivity index (χ0n) is 11.9. The van der Waals surface area contributed by atoms with Gasteiger partial charge in [0.05, 0.1) is 6.54 Å². The van der Waals surface area contributed by atoms with Crippen LogP contribution in [0.5, 0.6) is 0 Å². The van der Waals surface area contributed by atoms with Gasteiger partial charge >= 0.3 is 5.97 Å². The van der Waals surface area contributed by atoms with Crippen LogP contribution in [0.2, 0.25) is 0 Å². The standard InChI is InChI=1S/C16H19NO3/c1-10-4-6-13(7-5-10)11(2)17-9-14-8-15(16(18)19)12(3)20-14/h4-8,11,17H,9H2,1-3H3,(H,18,19). The zero-order valence-corrected chi connectivity index (χ0v) is 11.9. The van der Waals surface area contributed by atoms with Gasteiger partial charge in [0, 0.05) is 6.04 Å². The van der Waals surface area contributed by atoms with Crippen molar-refractivity contribution in [2.24, 2.45) is 0 Å². The average Bonchev–Trinajstić information content (AvgIpc) is 2.78. The highest BCUT2D eigenvalue weighted by atomic mass is 16.4. The van der Waals surface area contributed by atoms with Crippen molar-refractivity contribution in [2.45, 2.75) is 33.4 Å². The molecule has 0 spiro atoms. The van der Waals surface area contributed by atoms with Crippen LogP contribution in [0.1, 0.15) is 46.0 Å². The van der Waals surface area contributed by atoms with Gasteiger partial charge in [-0.1, -0.05) is 29.8 Å². The third kappa shape index (κ3) is 3.27. The van der Waals surface area contributed by atoms with Crippen molar-refractivity contribution >= 4 is 5.97 Å². The minimum atomic E-state index is -0.955. The van der Waals surface area contributed by atoms with Crippen molar-refractivity contribution < 1.29 is 14.3 Å². The van der Waals surface area contributed by atoms with Crippen molar-refractivity contribution in [3.8, 4) is 0 Å². The van der Waals surface area contributed by atoms with E-state index < -0.39 is 5.97 Å². The highest BCUT2D eigenvalue weighted by molar-refractivity contribution is 5.88. The van der Waals surface area contributed by atoms with E-state index in [4.69, 9.17) is 9.52 Å². The summed E-state index contributed by atoms with van der Waals surface area (Å²) in [5.41, 5.74) is 2.65. The van der Waals surface area contributed by atoms with E-state index in [0.29, 0.717) is 18.1 Å². The van der Waals surface area contributed by atoms with Gasteiger partial charge in [0.2, 0.25) is 0 Å². The van der Waals surface area contributed by atoms with Gasteiger partial charge in [-0.15, -0.1) is 0 Å². The molecule has 0 saturated carbocycles. The lowest BCUT2D eigenvalue weighted by Gasteiger charge is -2.13. The predicted octanol–water partition coefficient (Wildman–Crippen LogP) is 3.45. The normalized spacial score (nSPS) is 12.3. The van der Waals surface area contributed by atoms with Crippen molar-refractivity contribution in [2.75, 3.05) is 0 Å². The third-order valence-corrected chi connectivity index (χ3v) is 3.36.